The zero-order valence-electron chi connectivity index (χ0n) is 10.4. The molecular weight excluding hydrogens is 214 g/mol. The fourth-order valence-corrected chi connectivity index (χ4v) is 3.13. The van der Waals surface area contributed by atoms with Gasteiger partial charge in [0.2, 0.25) is 0 Å². The van der Waals surface area contributed by atoms with E-state index in [4.69, 9.17) is 0 Å². The van der Waals surface area contributed by atoms with Crippen molar-refractivity contribution in [2.24, 2.45) is 18.9 Å². The van der Waals surface area contributed by atoms with Crippen molar-refractivity contribution in [2.75, 3.05) is 31.1 Å². The van der Waals surface area contributed by atoms with Crippen molar-refractivity contribution in [1.82, 2.24) is 9.88 Å². The molecule has 3 heterocycles. The molecule has 0 spiro atoms. The van der Waals surface area contributed by atoms with Crippen LogP contribution < -0.4 is 15.8 Å². The zero-order valence-corrected chi connectivity index (χ0v) is 10.4. The van der Waals surface area contributed by atoms with Crippen molar-refractivity contribution in [1.29, 1.82) is 0 Å². The number of pyridine rings is 1. The SMILES string of the molecule is Cc1ccn(C)c(=O)c1N1CC2CNCC2C1. The number of rotatable bonds is 1. The van der Waals surface area contributed by atoms with Crippen LogP contribution >= 0.6 is 0 Å². The minimum atomic E-state index is 0.137. The van der Waals surface area contributed by atoms with E-state index < -0.39 is 0 Å². The molecule has 2 fully saturated rings. The molecule has 2 aliphatic rings. The lowest BCUT2D eigenvalue weighted by atomic mass is 10.0. The molecule has 0 bridgehead atoms. The van der Waals surface area contributed by atoms with Crippen LogP contribution in [0.5, 0.6) is 0 Å². The van der Waals surface area contributed by atoms with Gasteiger partial charge >= 0.3 is 0 Å². The lowest BCUT2D eigenvalue weighted by molar-refractivity contribution is 0.533. The molecule has 0 aliphatic carbocycles. The van der Waals surface area contributed by atoms with E-state index in [9.17, 15) is 4.79 Å². The van der Waals surface area contributed by atoms with Gasteiger partial charge in [0, 0.05) is 39.4 Å². The Hall–Kier alpha value is -1.29. The molecule has 2 aliphatic heterocycles. The average molecular weight is 233 g/mol. The summed E-state index contributed by atoms with van der Waals surface area (Å²) in [5.74, 6) is 1.44. The van der Waals surface area contributed by atoms with Crippen molar-refractivity contribution in [3.63, 3.8) is 0 Å². The second kappa shape index (κ2) is 3.88. The first-order chi connectivity index (χ1) is 8.16. The molecule has 3 rings (SSSR count). The van der Waals surface area contributed by atoms with E-state index in [2.05, 4.69) is 10.2 Å². The van der Waals surface area contributed by atoms with Crippen LogP contribution in [-0.4, -0.2) is 30.7 Å². The number of aromatic nitrogens is 1. The smallest absolute Gasteiger partial charge is 0.274 e. The number of nitrogens with zero attached hydrogens (tertiary/aromatic N) is 2. The van der Waals surface area contributed by atoms with Crippen LogP contribution in [0.2, 0.25) is 0 Å². The second-order valence-electron chi connectivity index (χ2n) is 5.35. The average Bonchev–Trinajstić information content (AvgIpc) is 2.84. The van der Waals surface area contributed by atoms with Crippen molar-refractivity contribution in [3.8, 4) is 0 Å². The molecule has 4 nitrogen and oxygen atoms in total. The van der Waals surface area contributed by atoms with E-state index in [-0.39, 0.29) is 5.56 Å². The topological polar surface area (TPSA) is 37.3 Å². The summed E-state index contributed by atoms with van der Waals surface area (Å²) in [5, 5.41) is 3.43. The third-order valence-electron chi connectivity index (χ3n) is 4.15. The summed E-state index contributed by atoms with van der Waals surface area (Å²) >= 11 is 0. The lowest BCUT2D eigenvalue weighted by Gasteiger charge is -2.21. The molecule has 0 aromatic carbocycles. The maximum atomic E-state index is 12.2. The second-order valence-corrected chi connectivity index (χ2v) is 5.35. The van der Waals surface area contributed by atoms with Crippen molar-refractivity contribution in [3.05, 3.63) is 28.2 Å². The molecule has 17 heavy (non-hydrogen) atoms. The highest BCUT2D eigenvalue weighted by molar-refractivity contribution is 5.52. The van der Waals surface area contributed by atoms with Gasteiger partial charge < -0.3 is 14.8 Å². The molecule has 0 saturated carbocycles. The molecule has 92 valence electrons. The standard InChI is InChI=1S/C13H19N3O/c1-9-3-4-15(2)13(17)12(9)16-7-10-5-14-6-11(10)8-16/h3-4,10-11,14H,5-8H2,1-2H3. The van der Waals surface area contributed by atoms with Gasteiger partial charge in [0.25, 0.3) is 5.56 Å². The van der Waals surface area contributed by atoms with E-state index in [1.165, 1.54) is 0 Å². The number of nitrogens with one attached hydrogen (secondary N) is 1. The molecule has 0 amide bonds. The largest absolute Gasteiger partial charge is 0.366 e. The highest BCUT2D eigenvalue weighted by atomic mass is 16.1. The summed E-state index contributed by atoms with van der Waals surface area (Å²) < 4.78 is 1.68. The first-order valence-electron chi connectivity index (χ1n) is 6.28. The van der Waals surface area contributed by atoms with Gasteiger partial charge in [-0.05, 0) is 30.4 Å². The Bertz CT molecular complexity index is 482. The minimum absolute atomic E-state index is 0.137. The number of hydrogen-bond acceptors (Lipinski definition) is 3. The number of aryl methyl sites for hydroxylation is 2. The Kier molecular flexibility index (Phi) is 2.47. The van der Waals surface area contributed by atoms with Crippen LogP contribution in [0.15, 0.2) is 17.1 Å². The predicted molar refractivity (Wildman–Crippen MR) is 68.5 cm³/mol. The van der Waals surface area contributed by atoms with Gasteiger partial charge in [-0.15, -0.1) is 0 Å². The maximum Gasteiger partial charge on any atom is 0.274 e. The summed E-state index contributed by atoms with van der Waals surface area (Å²) in [6.07, 6.45) is 1.85. The molecule has 2 atom stereocenters. The summed E-state index contributed by atoms with van der Waals surface area (Å²) in [4.78, 5) is 14.5. The van der Waals surface area contributed by atoms with Crippen LogP contribution in [0.3, 0.4) is 0 Å². The van der Waals surface area contributed by atoms with Crippen LogP contribution in [0, 0.1) is 18.8 Å². The monoisotopic (exact) mass is 233 g/mol. The van der Waals surface area contributed by atoms with Gasteiger partial charge in [-0.3, -0.25) is 4.79 Å². The summed E-state index contributed by atoms with van der Waals surface area (Å²) in [6, 6.07) is 2.03. The molecular formula is C13H19N3O. The quantitative estimate of drug-likeness (QED) is 0.760. The van der Waals surface area contributed by atoms with E-state index >= 15 is 0 Å². The molecule has 0 radical (unpaired) electrons. The summed E-state index contributed by atoms with van der Waals surface area (Å²) in [5.41, 5.74) is 2.14. The Morgan fingerprint density at radius 2 is 1.94 bits per heavy atom. The molecule has 1 aromatic rings. The Morgan fingerprint density at radius 3 is 2.59 bits per heavy atom. The molecule has 4 heteroatoms. The van der Waals surface area contributed by atoms with E-state index in [0.717, 1.165) is 49.3 Å². The van der Waals surface area contributed by atoms with Gasteiger partial charge in [0.05, 0.1) is 0 Å². The Labute approximate surface area is 101 Å². The summed E-state index contributed by atoms with van der Waals surface area (Å²) in [6.45, 7) is 6.29. The van der Waals surface area contributed by atoms with Gasteiger partial charge in [-0.25, -0.2) is 0 Å². The Balaban J connectivity index is 1.96. The number of hydrogen-bond donors (Lipinski definition) is 1. The fraction of sp³-hybridized carbons (Fsp3) is 0.615. The number of fused-ring (bicyclic) bond motifs is 1. The fourth-order valence-electron chi connectivity index (χ4n) is 3.13. The van der Waals surface area contributed by atoms with E-state index in [1.807, 2.05) is 26.2 Å². The summed E-state index contributed by atoms with van der Waals surface area (Å²) in [7, 11) is 1.82. The zero-order chi connectivity index (χ0) is 12.0. The maximum absolute atomic E-state index is 12.2. The van der Waals surface area contributed by atoms with Crippen molar-refractivity contribution >= 4 is 5.69 Å². The third-order valence-corrected chi connectivity index (χ3v) is 4.15. The molecule has 1 N–H and O–H groups in total. The molecule has 2 saturated heterocycles. The Morgan fingerprint density at radius 1 is 1.29 bits per heavy atom. The predicted octanol–water partition coefficient (Wildman–Crippen LogP) is 0.349. The van der Waals surface area contributed by atoms with Gasteiger partial charge in [0.15, 0.2) is 0 Å². The highest BCUT2D eigenvalue weighted by Gasteiger charge is 2.37. The van der Waals surface area contributed by atoms with E-state index in [1.54, 1.807) is 4.57 Å². The third kappa shape index (κ3) is 1.67. The van der Waals surface area contributed by atoms with Crippen LogP contribution in [0.1, 0.15) is 5.56 Å². The van der Waals surface area contributed by atoms with Crippen molar-refractivity contribution < 1.29 is 0 Å². The lowest BCUT2D eigenvalue weighted by Crippen LogP contribution is -2.32. The normalized spacial score (nSPS) is 27.5. The molecule has 2 unspecified atom stereocenters. The highest BCUT2D eigenvalue weighted by Crippen LogP contribution is 2.30. The van der Waals surface area contributed by atoms with Crippen molar-refractivity contribution in [2.45, 2.75) is 6.92 Å². The minimum Gasteiger partial charge on any atom is -0.366 e. The van der Waals surface area contributed by atoms with Gasteiger partial charge in [-0.1, -0.05) is 0 Å². The first kappa shape index (κ1) is 10.8. The van der Waals surface area contributed by atoms with E-state index in [0.29, 0.717) is 0 Å². The van der Waals surface area contributed by atoms with Gasteiger partial charge in [-0.2, -0.15) is 0 Å². The first-order valence-corrected chi connectivity index (χ1v) is 6.28. The van der Waals surface area contributed by atoms with Crippen LogP contribution in [0.4, 0.5) is 5.69 Å². The molecule has 1 aromatic heterocycles. The number of anilines is 1. The van der Waals surface area contributed by atoms with Crippen LogP contribution in [-0.2, 0) is 7.05 Å². The van der Waals surface area contributed by atoms with Crippen LogP contribution in [0.25, 0.3) is 0 Å². The van der Waals surface area contributed by atoms with Gasteiger partial charge in [0.1, 0.15) is 5.69 Å².